The van der Waals surface area contributed by atoms with Gasteiger partial charge in [0.05, 0.1) is 14.2 Å². The molecule has 0 aliphatic heterocycles. The van der Waals surface area contributed by atoms with Crippen LogP contribution >= 0.6 is 0 Å². The van der Waals surface area contributed by atoms with Gasteiger partial charge in [0, 0.05) is 17.5 Å². The van der Waals surface area contributed by atoms with Crippen LogP contribution in [-0.2, 0) is 0 Å². The summed E-state index contributed by atoms with van der Waals surface area (Å²) in [4.78, 5) is 13.7. The number of fused-ring (bicyclic) bond motifs is 1. The summed E-state index contributed by atoms with van der Waals surface area (Å²) >= 11 is 0. The first kappa shape index (κ1) is 22.8. The van der Waals surface area contributed by atoms with Crippen LogP contribution in [0.3, 0.4) is 0 Å². The summed E-state index contributed by atoms with van der Waals surface area (Å²) < 4.78 is 10.8. The molecule has 0 spiro atoms. The Bertz CT molecular complexity index is 656. The topological polar surface area (TPSA) is 35.5 Å². The Morgan fingerprint density at radius 1 is 0.964 bits per heavy atom. The lowest BCUT2D eigenvalue weighted by Gasteiger charge is -2.58. The second-order valence-corrected chi connectivity index (χ2v) is 9.40. The molecule has 0 bridgehead atoms. The van der Waals surface area contributed by atoms with Crippen molar-refractivity contribution in [3.8, 4) is 11.5 Å². The van der Waals surface area contributed by atoms with Crippen molar-refractivity contribution >= 4 is 5.78 Å². The summed E-state index contributed by atoms with van der Waals surface area (Å²) in [6.45, 7) is 13.5. The van der Waals surface area contributed by atoms with Gasteiger partial charge in [-0.1, -0.05) is 48.0 Å². The highest BCUT2D eigenvalue weighted by atomic mass is 16.5. The van der Waals surface area contributed by atoms with Gasteiger partial charge in [-0.3, -0.25) is 4.79 Å². The standard InChI is InChI=1S/C23H34O3.C2H6/c1-15-8-9-19-22(2,3)10-7-11-23(19,4)20(15)21(24)16-12-17(25-5)14-18(13-16)26-6;1-2/h12-15,19-20H,7-11H2,1-6H3;1-2H3/t15-,19?,20?,23?;/m1./s1. The Morgan fingerprint density at radius 3 is 2.07 bits per heavy atom. The van der Waals surface area contributed by atoms with Gasteiger partial charge in [-0.15, -0.1) is 0 Å². The number of hydrogen-bond donors (Lipinski definition) is 0. The third kappa shape index (κ3) is 4.09. The Balaban J connectivity index is 0.00000136. The summed E-state index contributed by atoms with van der Waals surface area (Å²) in [5, 5.41) is 0. The van der Waals surface area contributed by atoms with Crippen LogP contribution in [0, 0.1) is 28.6 Å². The van der Waals surface area contributed by atoms with Gasteiger partial charge >= 0.3 is 0 Å². The molecule has 0 radical (unpaired) electrons. The first-order valence-electron chi connectivity index (χ1n) is 11.0. The highest BCUT2D eigenvalue weighted by Crippen LogP contribution is 2.61. The van der Waals surface area contributed by atoms with Gasteiger partial charge in [-0.2, -0.15) is 0 Å². The van der Waals surface area contributed by atoms with Gasteiger partial charge in [0.1, 0.15) is 11.5 Å². The molecule has 4 atom stereocenters. The molecular formula is C25H40O3. The van der Waals surface area contributed by atoms with E-state index in [-0.39, 0.29) is 17.1 Å². The normalized spacial score (nSPS) is 31.1. The second kappa shape index (κ2) is 8.88. The molecule has 3 nitrogen and oxygen atoms in total. The van der Waals surface area contributed by atoms with Crippen LogP contribution in [0.25, 0.3) is 0 Å². The zero-order chi connectivity index (χ0) is 21.1. The van der Waals surface area contributed by atoms with Crippen LogP contribution in [0.15, 0.2) is 18.2 Å². The highest BCUT2D eigenvalue weighted by molar-refractivity contribution is 5.99. The quantitative estimate of drug-likeness (QED) is 0.533. The minimum atomic E-state index is 0.0673. The molecule has 2 aliphatic rings. The molecular weight excluding hydrogens is 348 g/mol. The summed E-state index contributed by atoms with van der Waals surface area (Å²) in [6.07, 6.45) is 6.04. The molecule has 2 aliphatic carbocycles. The SMILES string of the molecule is CC.COc1cc(OC)cc(C(=O)C2[C@H](C)CCC3C(C)(C)CCCC23C)c1. The number of methoxy groups -OCH3 is 2. The van der Waals surface area contributed by atoms with Crippen molar-refractivity contribution in [3.05, 3.63) is 23.8 Å². The lowest BCUT2D eigenvalue weighted by molar-refractivity contribution is -0.0796. The smallest absolute Gasteiger partial charge is 0.167 e. The molecule has 1 aromatic rings. The predicted molar refractivity (Wildman–Crippen MR) is 116 cm³/mol. The van der Waals surface area contributed by atoms with E-state index in [1.807, 2.05) is 32.0 Å². The number of ether oxygens (including phenoxy) is 2. The number of hydrogen-bond acceptors (Lipinski definition) is 3. The van der Waals surface area contributed by atoms with Crippen molar-refractivity contribution in [3.63, 3.8) is 0 Å². The van der Waals surface area contributed by atoms with Crippen molar-refractivity contribution in [2.75, 3.05) is 14.2 Å². The summed E-state index contributed by atoms with van der Waals surface area (Å²) in [7, 11) is 3.26. The van der Waals surface area contributed by atoms with Gasteiger partial charge in [0.25, 0.3) is 0 Å². The highest BCUT2D eigenvalue weighted by Gasteiger charge is 2.55. The molecule has 0 heterocycles. The molecule has 3 heteroatoms. The molecule has 0 N–H and O–H groups in total. The molecule has 3 rings (SSSR count). The number of ketones is 1. The first-order chi connectivity index (χ1) is 13.2. The largest absolute Gasteiger partial charge is 0.497 e. The number of Topliss-reactive ketones (excluding diaryl/α,β-unsaturated/α-hetero) is 1. The van der Waals surface area contributed by atoms with Crippen LogP contribution in [0.1, 0.15) is 84.0 Å². The molecule has 0 aromatic heterocycles. The second-order valence-electron chi connectivity index (χ2n) is 9.40. The zero-order valence-corrected chi connectivity index (χ0v) is 19.2. The third-order valence-electron chi connectivity index (χ3n) is 7.38. The molecule has 2 fully saturated rings. The van der Waals surface area contributed by atoms with Crippen LogP contribution in [0.4, 0.5) is 0 Å². The molecule has 0 saturated heterocycles. The van der Waals surface area contributed by atoms with E-state index >= 15 is 0 Å². The van der Waals surface area contributed by atoms with Crippen LogP contribution in [0.5, 0.6) is 11.5 Å². The van der Waals surface area contributed by atoms with E-state index in [1.165, 1.54) is 19.3 Å². The third-order valence-corrected chi connectivity index (χ3v) is 7.38. The molecule has 28 heavy (non-hydrogen) atoms. The Morgan fingerprint density at radius 2 is 1.54 bits per heavy atom. The monoisotopic (exact) mass is 388 g/mol. The minimum absolute atomic E-state index is 0.0673. The fourth-order valence-corrected chi connectivity index (χ4v) is 6.19. The van der Waals surface area contributed by atoms with Gasteiger partial charge in [-0.25, -0.2) is 0 Å². The van der Waals surface area contributed by atoms with Crippen molar-refractivity contribution in [2.45, 2.75) is 73.6 Å². The fraction of sp³-hybridized carbons (Fsp3) is 0.720. The van der Waals surface area contributed by atoms with E-state index in [4.69, 9.17) is 9.47 Å². The number of benzene rings is 1. The Kier molecular flexibility index (Phi) is 7.22. The molecule has 158 valence electrons. The Labute approximate surface area is 172 Å². The average molecular weight is 389 g/mol. The maximum absolute atomic E-state index is 13.7. The van der Waals surface area contributed by atoms with E-state index in [0.29, 0.717) is 28.7 Å². The molecule has 0 amide bonds. The summed E-state index contributed by atoms with van der Waals surface area (Å²) in [5.41, 5.74) is 1.12. The van der Waals surface area contributed by atoms with E-state index in [2.05, 4.69) is 27.7 Å². The number of carbonyl (C=O) groups excluding carboxylic acids is 1. The van der Waals surface area contributed by atoms with E-state index in [1.54, 1.807) is 14.2 Å². The van der Waals surface area contributed by atoms with Gasteiger partial charge in [-0.05, 0) is 60.5 Å². The van der Waals surface area contributed by atoms with E-state index in [9.17, 15) is 4.79 Å². The fourth-order valence-electron chi connectivity index (χ4n) is 6.19. The number of carbonyl (C=O) groups is 1. The summed E-state index contributed by atoms with van der Waals surface area (Å²) in [6, 6.07) is 5.58. The first-order valence-corrected chi connectivity index (χ1v) is 11.0. The zero-order valence-electron chi connectivity index (χ0n) is 19.2. The molecule has 2 saturated carbocycles. The van der Waals surface area contributed by atoms with E-state index < -0.39 is 0 Å². The lowest BCUT2D eigenvalue weighted by Crippen LogP contribution is -2.53. The van der Waals surface area contributed by atoms with Crippen molar-refractivity contribution < 1.29 is 14.3 Å². The van der Waals surface area contributed by atoms with Crippen LogP contribution in [-0.4, -0.2) is 20.0 Å². The van der Waals surface area contributed by atoms with Crippen LogP contribution in [0.2, 0.25) is 0 Å². The van der Waals surface area contributed by atoms with Crippen molar-refractivity contribution in [1.82, 2.24) is 0 Å². The van der Waals surface area contributed by atoms with Gasteiger partial charge < -0.3 is 9.47 Å². The molecule has 1 aromatic carbocycles. The minimum Gasteiger partial charge on any atom is -0.497 e. The predicted octanol–water partition coefficient (Wildman–Crippen LogP) is 6.79. The lowest BCUT2D eigenvalue weighted by atomic mass is 9.46. The maximum atomic E-state index is 13.7. The van der Waals surface area contributed by atoms with Crippen molar-refractivity contribution in [1.29, 1.82) is 0 Å². The van der Waals surface area contributed by atoms with Gasteiger partial charge in [0.15, 0.2) is 5.78 Å². The van der Waals surface area contributed by atoms with E-state index in [0.717, 1.165) is 18.4 Å². The maximum Gasteiger partial charge on any atom is 0.167 e. The average Bonchev–Trinajstić information content (AvgIpc) is 2.67. The van der Waals surface area contributed by atoms with Crippen LogP contribution < -0.4 is 9.47 Å². The Hall–Kier alpha value is -1.51. The number of rotatable bonds is 4. The summed E-state index contributed by atoms with van der Waals surface area (Å²) in [5.74, 6) is 2.72. The van der Waals surface area contributed by atoms with Crippen molar-refractivity contribution in [2.24, 2.45) is 28.6 Å². The molecule has 3 unspecified atom stereocenters. The van der Waals surface area contributed by atoms with Gasteiger partial charge in [0.2, 0.25) is 0 Å².